The second-order valence-corrected chi connectivity index (χ2v) is 8.53. The summed E-state index contributed by atoms with van der Waals surface area (Å²) >= 11 is 3.48. The molecule has 0 bridgehead atoms. The van der Waals surface area contributed by atoms with Crippen molar-refractivity contribution in [2.45, 2.75) is 6.61 Å². The number of nitrogens with zero attached hydrogens (tertiary/aromatic N) is 1. The molecule has 5 nitrogen and oxygen atoms in total. The highest BCUT2D eigenvalue weighted by Crippen LogP contribution is 2.29. The quantitative estimate of drug-likeness (QED) is 0.260. The van der Waals surface area contributed by atoms with Gasteiger partial charge in [0, 0.05) is 10.0 Å². The van der Waals surface area contributed by atoms with Gasteiger partial charge in [-0.05, 0) is 58.8 Å². The first-order valence-electron chi connectivity index (χ1n) is 10.4. The highest BCUT2D eigenvalue weighted by atomic mass is 79.9. The summed E-state index contributed by atoms with van der Waals surface area (Å²) in [7, 11) is 0. The Labute approximate surface area is 199 Å². The maximum atomic E-state index is 12.9. The summed E-state index contributed by atoms with van der Waals surface area (Å²) in [5, 5.41) is 4.99. The minimum atomic E-state index is -0.480. The van der Waals surface area contributed by atoms with Gasteiger partial charge >= 0.3 is 6.03 Å². The molecule has 1 aliphatic heterocycles. The highest BCUT2D eigenvalue weighted by Gasteiger charge is 2.34. The Morgan fingerprint density at radius 2 is 1.61 bits per heavy atom. The second kappa shape index (κ2) is 8.92. The molecule has 0 saturated carbocycles. The van der Waals surface area contributed by atoms with Gasteiger partial charge in [-0.15, -0.1) is 0 Å². The molecule has 3 amide bonds. The average Bonchev–Trinajstić information content (AvgIpc) is 3.11. The predicted octanol–water partition coefficient (Wildman–Crippen LogP) is 6.28. The lowest BCUT2D eigenvalue weighted by Gasteiger charge is -2.12. The minimum Gasteiger partial charge on any atom is -0.488 e. The summed E-state index contributed by atoms with van der Waals surface area (Å²) in [5.74, 6) is 0.200. The molecule has 0 atom stereocenters. The molecule has 1 fully saturated rings. The van der Waals surface area contributed by atoms with Gasteiger partial charge in [0.25, 0.3) is 5.91 Å². The van der Waals surface area contributed by atoms with Gasteiger partial charge in [0.05, 0.1) is 5.69 Å². The zero-order chi connectivity index (χ0) is 22.8. The summed E-state index contributed by atoms with van der Waals surface area (Å²) in [6, 6.07) is 28.3. The van der Waals surface area contributed by atoms with Crippen LogP contribution in [0.15, 0.2) is 101 Å². The summed E-state index contributed by atoms with van der Waals surface area (Å²) in [6.07, 6.45) is 1.64. The number of carbonyl (C=O) groups is 2. The highest BCUT2D eigenvalue weighted by molar-refractivity contribution is 9.10. The second-order valence-electron chi connectivity index (χ2n) is 7.62. The fraction of sp³-hybridized carbons (Fsp3) is 0.0370. The van der Waals surface area contributed by atoms with E-state index in [-0.39, 0.29) is 5.70 Å². The van der Waals surface area contributed by atoms with Crippen LogP contribution in [-0.2, 0) is 11.4 Å². The first kappa shape index (κ1) is 21.0. The smallest absolute Gasteiger partial charge is 0.333 e. The van der Waals surface area contributed by atoms with E-state index in [0.717, 1.165) is 20.3 Å². The summed E-state index contributed by atoms with van der Waals surface area (Å²) in [6.45, 7) is 0.374. The van der Waals surface area contributed by atoms with Gasteiger partial charge in [-0.25, -0.2) is 9.69 Å². The molecule has 5 rings (SSSR count). The Balaban J connectivity index is 1.41. The van der Waals surface area contributed by atoms with E-state index in [2.05, 4.69) is 45.5 Å². The lowest BCUT2D eigenvalue weighted by Crippen LogP contribution is -2.30. The van der Waals surface area contributed by atoms with E-state index in [1.807, 2.05) is 42.5 Å². The van der Waals surface area contributed by atoms with Crippen LogP contribution in [0.2, 0.25) is 0 Å². The van der Waals surface area contributed by atoms with Crippen LogP contribution in [0.25, 0.3) is 16.8 Å². The lowest BCUT2D eigenvalue weighted by atomic mass is 10.1. The molecule has 0 unspecified atom stereocenters. The Hall–Kier alpha value is -3.90. The van der Waals surface area contributed by atoms with Crippen LogP contribution in [0, 0.1) is 0 Å². The summed E-state index contributed by atoms with van der Waals surface area (Å²) in [4.78, 5) is 26.5. The van der Waals surface area contributed by atoms with Crippen molar-refractivity contribution in [2.24, 2.45) is 0 Å². The van der Waals surface area contributed by atoms with Crippen molar-refractivity contribution < 1.29 is 14.3 Å². The van der Waals surface area contributed by atoms with E-state index < -0.39 is 11.9 Å². The Morgan fingerprint density at radius 1 is 0.848 bits per heavy atom. The van der Waals surface area contributed by atoms with Crippen molar-refractivity contribution >= 4 is 50.4 Å². The first-order chi connectivity index (χ1) is 16.1. The number of urea groups is 1. The van der Waals surface area contributed by atoms with E-state index in [9.17, 15) is 9.59 Å². The van der Waals surface area contributed by atoms with Crippen LogP contribution in [0.3, 0.4) is 0 Å². The average molecular weight is 499 g/mol. The van der Waals surface area contributed by atoms with Crippen molar-refractivity contribution in [2.75, 3.05) is 4.90 Å². The van der Waals surface area contributed by atoms with Gasteiger partial charge in [-0.3, -0.25) is 4.79 Å². The first-order valence-corrected chi connectivity index (χ1v) is 11.2. The molecule has 0 spiro atoms. The van der Waals surface area contributed by atoms with Gasteiger partial charge in [-0.1, -0.05) is 70.5 Å². The number of para-hydroxylation sites is 1. The number of fused-ring (bicyclic) bond motifs is 1. The summed E-state index contributed by atoms with van der Waals surface area (Å²) < 4.78 is 6.95. The number of benzene rings is 4. The fourth-order valence-electron chi connectivity index (χ4n) is 3.76. The molecule has 0 radical (unpaired) electrons. The lowest BCUT2D eigenvalue weighted by molar-refractivity contribution is -0.113. The van der Waals surface area contributed by atoms with E-state index in [1.54, 1.807) is 30.3 Å². The van der Waals surface area contributed by atoms with Crippen LogP contribution in [0.4, 0.5) is 10.5 Å². The number of hydrogen-bond acceptors (Lipinski definition) is 3. The fourth-order valence-corrected chi connectivity index (χ4v) is 4.13. The minimum absolute atomic E-state index is 0.192. The number of ether oxygens (including phenoxy) is 1. The molecule has 1 heterocycles. The number of amides is 3. The van der Waals surface area contributed by atoms with Crippen molar-refractivity contribution in [3.63, 3.8) is 0 Å². The molecule has 1 N–H and O–H groups in total. The van der Waals surface area contributed by atoms with Crippen molar-refractivity contribution in [3.05, 3.63) is 112 Å². The normalized spacial score (nSPS) is 14.7. The molecule has 0 aromatic heterocycles. The molecule has 4 aromatic rings. The molecule has 1 aliphatic rings. The van der Waals surface area contributed by atoms with Gasteiger partial charge < -0.3 is 10.1 Å². The number of anilines is 1. The van der Waals surface area contributed by atoms with Gasteiger partial charge in [0.2, 0.25) is 0 Å². The van der Waals surface area contributed by atoms with Crippen LogP contribution in [0.5, 0.6) is 5.75 Å². The predicted molar refractivity (Wildman–Crippen MR) is 133 cm³/mol. The van der Waals surface area contributed by atoms with Crippen LogP contribution in [0.1, 0.15) is 11.1 Å². The van der Waals surface area contributed by atoms with Crippen molar-refractivity contribution in [1.29, 1.82) is 0 Å². The van der Waals surface area contributed by atoms with Crippen molar-refractivity contribution in [1.82, 2.24) is 5.32 Å². The maximum Gasteiger partial charge on any atom is 0.333 e. The van der Waals surface area contributed by atoms with Crippen molar-refractivity contribution in [3.8, 4) is 5.75 Å². The molecular formula is C27H19BrN2O3. The number of hydrogen-bond donors (Lipinski definition) is 1. The monoisotopic (exact) mass is 498 g/mol. The zero-order valence-corrected chi connectivity index (χ0v) is 19.1. The Kier molecular flexibility index (Phi) is 5.67. The SMILES string of the molecule is O=C1N/C(=C/c2cc(Br)ccc2OCc2ccc3ccccc3c2)C(=O)N1c1ccccc1. The van der Waals surface area contributed by atoms with Crippen LogP contribution in [-0.4, -0.2) is 11.9 Å². The topological polar surface area (TPSA) is 58.6 Å². The van der Waals surface area contributed by atoms with Crippen LogP contribution >= 0.6 is 15.9 Å². The third-order valence-electron chi connectivity index (χ3n) is 5.37. The summed E-state index contributed by atoms with van der Waals surface area (Å²) in [5.41, 5.74) is 2.43. The molecule has 6 heteroatoms. The zero-order valence-electron chi connectivity index (χ0n) is 17.5. The van der Waals surface area contributed by atoms with Crippen LogP contribution < -0.4 is 15.0 Å². The number of halogens is 1. The third kappa shape index (κ3) is 4.38. The Bertz CT molecular complexity index is 1400. The number of nitrogens with one attached hydrogen (secondary N) is 1. The largest absolute Gasteiger partial charge is 0.488 e. The van der Waals surface area contributed by atoms with Gasteiger partial charge in [-0.2, -0.15) is 0 Å². The number of carbonyl (C=O) groups excluding carboxylic acids is 2. The van der Waals surface area contributed by atoms with Gasteiger partial charge in [0.15, 0.2) is 0 Å². The standard InChI is InChI=1S/C27H19BrN2O3/c28-22-12-13-25(33-17-18-10-11-19-6-4-5-7-20(19)14-18)21(15-22)16-24-26(31)30(27(32)29-24)23-8-2-1-3-9-23/h1-16H,17H2,(H,29,32)/b24-16+. The van der Waals surface area contributed by atoms with E-state index in [1.165, 1.54) is 5.39 Å². The molecule has 0 aliphatic carbocycles. The number of rotatable bonds is 5. The molecule has 162 valence electrons. The van der Waals surface area contributed by atoms with Gasteiger partial charge in [0.1, 0.15) is 18.1 Å². The molecule has 1 saturated heterocycles. The van der Waals surface area contributed by atoms with E-state index in [4.69, 9.17) is 4.74 Å². The number of imide groups is 1. The third-order valence-corrected chi connectivity index (χ3v) is 5.87. The van der Waals surface area contributed by atoms with E-state index >= 15 is 0 Å². The Morgan fingerprint density at radius 3 is 2.42 bits per heavy atom. The molecule has 4 aromatic carbocycles. The molecular weight excluding hydrogens is 480 g/mol. The van der Waals surface area contributed by atoms with E-state index in [0.29, 0.717) is 23.6 Å². The maximum absolute atomic E-state index is 12.9. The molecule has 33 heavy (non-hydrogen) atoms.